The molecule has 2 aromatic carbocycles. The topological polar surface area (TPSA) is 35.5 Å². The van der Waals surface area contributed by atoms with Crippen molar-refractivity contribution >= 4 is 6.29 Å². The van der Waals surface area contributed by atoms with Crippen molar-refractivity contribution in [2.24, 2.45) is 0 Å². The monoisotopic (exact) mass is 270 g/mol. The lowest BCUT2D eigenvalue weighted by Gasteiger charge is -2.14. The van der Waals surface area contributed by atoms with Crippen LogP contribution in [0.15, 0.2) is 42.5 Å². The van der Waals surface area contributed by atoms with Crippen molar-refractivity contribution in [3.8, 4) is 22.6 Å². The van der Waals surface area contributed by atoms with Gasteiger partial charge in [0, 0.05) is 5.92 Å². The van der Waals surface area contributed by atoms with Gasteiger partial charge in [-0.05, 0) is 41.0 Å². The van der Waals surface area contributed by atoms with Crippen molar-refractivity contribution in [3.63, 3.8) is 0 Å². The molecule has 0 amide bonds. The third kappa shape index (κ3) is 2.82. The minimum atomic E-state index is -0.155. The fourth-order valence-corrected chi connectivity index (χ4v) is 2.15. The Bertz CT molecular complexity index is 588. The highest BCUT2D eigenvalue weighted by molar-refractivity contribution is 5.75. The summed E-state index contributed by atoms with van der Waals surface area (Å²) in [5.41, 5.74) is 3.03. The van der Waals surface area contributed by atoms with Gasteiger partial charge in [-0.1, -0.05) is 25.1 Å². The first-order valence-corrected chi connectivity index (χ1v) is 6.47. The molecule has 3 heteroatoms. The van der Waals surface area contributed by atoms with E-state index in [0.29, 0.717) is 0 Å². The smallest absolute Gasteiger partial charge is 0.127 e. The molecule has 0 aromatic heterocycles. The number of hydrogen-bond acceptors (Lipinski definition) is 3. The minimum Gasteiger partial charge on any atom is -0.497 e. The average Bonchev–Trinajstić information content (AvgIpc) is 2.53. The van der Waals surface area contributed by atoms with Crippen molar-refractivity contribution < 1.29 is 14.3 Å². The third-order valence-electron chi connectivity index (χ3n) is 3.36. The van der Waals surface area contributed by atoms with Gasteiger partial charge in [-0.3, -0.25) is 0 Å². The van der Waals surface area contributed by atoms with Crippen molar-refractivity contribution in [1.29, 1.82) is 0 Å². The SMILES string of the molecule is COc1ccc(-c2cc(OC)ccc2C(C)C=O)cc1. The molecule has 0 spiro atoms. The first-order chi connectivity index (χ1) is 9.69. The molecule has 104 valence electrons. The van der Waals surface area contributed by atoms with Gasteiger partial charge in [0.1, 0.15) is 17.8 Å². The molecule has 0 saturated carbocycles. The van der Waals surface area contributed by atoms with Gasteiger partial charge in [-0.2, -0.15) is 0 Å². The molecule has 2 aromatic rings. The standard InChI is InChI=1S/C17H18O3/c1-12(11-18)16-9-8-15(20-3)10-17(16)13-4-6-14(19-2)7-5-13/h4-12H,1-3H3. The van der Waals surface area contributed by atoms with Crippen LogP contribution < -0.4 is 9.47 Å². The van der Waals surface area contributed by atoms with Gasteiger partial charge >= 0.3 is 0 Å². The lowest BCUT2D eigenvalue weighted by atomic mass is 9.92. The molecule has 0 radical (unpaired) electrons. The number of aldehydes is 1. The second-order valence-corrected chi connectivity index (χ2v) is 4.61. The van der Waals surface area contributed by atoms with E-state index in [4.69, 9.17) is 9.47 Å². The van der Waals surface area contributed by atoms with Gasteiger partial charge < -0.3 is 14.3 Å². The molecule has 3 nitrogen and oxygen atoms in total. The van der Waals surface area contributed by atoms with Gasteiger partial charge in [0.05, 0.1) is 14.2 Å². The molecule has 0 aliphatic rings. The van der Waals surface area contributed by atoms with Crippen LogP contribution in [-0.4, -0.2) is 20.5 Å². The van der Waals surface area contributed by atoms with Gasteiger partial charge in [0.2, 0.25) is 0 Å². The molecule has 1 unspecified atom stereocenters. The Balaban J connectivity index is 2.53. The van der Waals surface area contributed by atoms with Crippen molar-refractivity contribution in [3.05, 3.63) is 48.0 Å². The zero-order valence-electron chi connectivity index (χ0n) is 11.9. The number of hydrogen-bond donors (Lipinski definition) is 0. The van der Waals surface area contributed by atoms with E-state index in [2.05, 4.69) is 0 Å². The van der Waals surface area contributed by atoms with Crippen LogP contribution in [0.25, 0.3) is 11.1 Å². The van der Waals surface area contributed by atoms with Crippen LogP contribution >= 0.6 is 0 Å². The molecule has 0 fully saturated rings. The predicted octanol–water partition coefficient (Wildman–Crippen LogP) is 3.67. The molecular formula is C17H18O3. The maximum Gasteiger partial charge on any atom is 0.127 e. The lowest BCUT2D eigenvalue weighted by molar-refractivity contribution is -0.108. The first kappa shape index (κ1) is 14.1. The second-order valence-electron chi connectivity index (χ2n) is 4.61. The highest BCUT2D eigenvalue weighted by Gasteiger charge is 2.12. The largest absolute Gasteiger partial charge is 0.497 e. The fraction of sp³-hybridized carbons (Fsp3) is 0.235. The zero-order valence-corrected chi connectivity index (χ0v) is 11.9. The molecule has 0 heterocycles. The van der Waals surface area contributed by atoms with E-state index in [0.717, 1.165) is 34.5 Å². The Kier molecular flexibility index (Phi) is 4.41. The van der Waals surface area contributed by atoms with E-state index >= 15 is 0 Å². The molecule has 0 bridgehead atoms. The molecule has 1 atom stereocenters. The van der Waals surface area contributed by atoms with E-state index in [1.54, 1.807) is 14.2 Å². The Morgan fingerprint density at radius 3 is 2.10 bits per heavy atom. The van der Waals surface area contributed by atoms with E-state index in [1.165, 1.54) is 0 Å². The van der Waals surface area contributed by atoms with Crippen LogP contribution in [0.5, 0.6) is 11.5 Å². The van der Waals surface area contributed by atoms with Crippen LogP contribution in [-0.2, 0) is 4.79 Å². The average molecular weight is 270 g/mol. The number of rotatable bonds is 5. The lowest BCUT2D eigenvalue weighted by Crippen LogP contribution is -1.98. The normalized spacial score (nSPS) is 11.8. The van der Waals surface area contributed by atoms with Crippen LogP contribution in [0.2, 0.25) is 0 Å². The summed E-state index contributed by atoms with van der Waals surface area (Å²) in [5.74, 6) is 1.43. The number of benzene rings is 2. The summed E-state index contributed by atoms with van der Waals surface area (Å²) in [6.07, 6.45) is 0.953. The summed E-state index contributed by atoms with van der Waals surface area (Å²) in [7, 11) is 3.27. The quantitative estimate of drug-likeness (QED) is 0.778. The zero-order chi connectivity index (χ0) is 14.5. The maximum atomic E-state index is 11.1. The van der Waals surface area contributed by atoms with Crippen LogP contribution in [0, 0.1) is 0 Å². The summed E-state index contributed by atoms with van der Waals surface area (Å²) in [6, 6.07) is 13.6. The highest BCUT2D eigenvalue weighted by atomic mass is 16.5. The van der Waals surface area contributed by atoms with E-state index < -0.39 is 0 Å². The molecule has 20 heavy (non-hydrogen) atoms. The summed E-state index contributed by atoms with van der Waals surface area (Å²) in [4.78, 5) is 11.1. The van der Waals surface area contributed by atoms with Crippen molar-refractivity contribution in [1.82, 2.24) is 0 Å². The summed E-state index contributed by atoms with van der Waals surface area (Å²) < 4.78 is 10.4. The van der Waals surface area contributed by atoms with Gasteiger partial charge in [-0.15, -0.1) is 0 Å². The number of ether oxygens (including phenoxy) is 2. The Labute approximate surface area is 119 Å². The van der Waals surface area contributed by atoms with E-state index in [-0.39, 0.29) is 5.92 Å². The first-order valence-electron chi connectivity index (χ1n) is 6.47. The Hall–Kier alpha value is -2.29. The van der Waals surface area contributed by atoms with E-state index in [9.17, 15) is 4.79 Å². The van der Waals surface area contributed by atoms with Crippen LogP contribution in [0.3, 0.4) is 0 Å². The fourth-order valence-electron chi connectivity index (χ4n) is 2.15. The van der Waals surface area contributed by atoms with Crippen LogP contribution in [0.4, 0.5) is 0 Å². The molecule has 2 rings (SSSR count). The van der Waals surface area contributed by atoms with Gasteiger partial charge in [0.25, 0.3) is 0 Å². The number of carbonyl (C=O) groups is 1. The van der Waals surface area contributed by atoms with Gasteiger partial charge in [-0.25, -0.2) is 0 Å². The molecule has 0 N–H and O–H groups in total. The summed E-state index contributed by atoms with van der Waals surface area (Å²) >= 11 is 0. The highest BCUT2D eigenvalue weighted by Crippen LogP contribution is 2.32. The third-order valence-corrected chi connectivity index (χ3v) is 3.36. The van der Waals surface area contributed by atoms with Crippen molar-refractivity contribution in [2.45, 2.75) is 12.8 Å². The Morgan fingerprint density at radius 2 is 1.55 bits per heavy atom. The Morgan fingerprint density at radius 1 is 0.950 bits per heavy atom. The van der Waals surface area contributed by atoms with Crippen LogP contribution in [0.1, 0.15) is 18.4 Å². The number of carbonyl (C=O) groups excluding carboxylic acids is 1. The second kappa shape index (κ2) is 6.24. The summed E-state index contributed by atoms with van der Waals surface area (Å²) in [6.45, 7) is 1.89. The van der Waals surface area contributed by atoms with Crippen molar-refractivity contribution in [2.75, 3.05) is 14.2 Å². The van der Waals surface area contributed by atoms with E-state index in [1.807, 2.05) is 49.4 Å². The molecule has 0 aliphatic carbocycles. The molecule has 0 saturated heterocycles. The number of methoxy groups -OCH3 is 2. The predicted molar refractivity (Wildman–Crippen MR) is 79.5 cm³/mol. The minimum absolute atomic E-state index is 0.155. The van der Waals surface area contributed by atoms with Gasteiger partial charge in [0.15, 0.2) is 0 Å². The molecular weight excluding hydrogens is 252 g/mol. The summed E-state index contributed by atoms with van der Waals surface area (Å²) in [5, 5.41) is 0. The maximum absolute atomic E-state index is 11.1. The molecule has 0 aliphatic heterocycles.